The van der Waals surface area contributed by atoms with Crippen molar-refractivity contribution in [1.29, 1.82) is 0 Å². The van der Waals surface area contributed by atoms with E-state index in [2.05, 4.69) is 27.7 Å². The molecule has 5 rings (SSSR count). The summed E-state index contributed by atoms with van der Waals surface area (Å²) < 4.78 is 49.0. The molecular formula is C33H66F4N2. The van der Waals surface area contributed by atoms with Crippen molar-refractivity contribution >= 4 is 0 Å². The van der Waals surface area contributed by atoms with E-state index in [9.17, 15) is 17.6 Å². The molecule has 0 spiro atoms. The Bertz CT molecular complexity index is 576. The number of hydrogen-bond acceptors (Lipinski definition) is 2. The summed E-state index contributed by atoms with van der Waals surface area (Å²) in [5.41, 5.74) is 11.1. The fraction of sp³-hybridized carbons (Fsp3) is 1.00. The van der Waals surface area contributed by atoms with Crippen molar-refractivity contribution < 1.29 is 17.6 Å². The van der Waals surface area contributed by atoms with Crippen LogP contribution in [0.5, 0.6) is 0 Å². The highest BCUT2D eigenvalue weighted by Gasteiger charge is 2.37. The lowest BCUT2D eigenvalue weighted by Gasteiger charge is -2.25. The zero-order chi connectivity index (χ0) is 28.8. The second kappa shape index (κ2) is 18.9. The van der Waals surface area contributed by atoms with Gasteiger partial charge in [-0.25, -0.2) is 17.6 Å². The van der Waals surface area contributed by atoms with E-state index in [0.29, 0.717) is 19.3 Å². The average Bonchev–Trinajstić information content (AvgIpc) is 3.49. The van der Waals surface area contributed by atoms with Gasteiger partial charge in [-0.2, -0.15) is 0 Å². The first-order chi connectivity index (χ1) is 17.6. The lowest BCUT2D eigenvalue weighted by atomic mass is 9.84. The molecule has 5 fully saturated rings. The lowest BCUT2D eigenvalue weighted by molar-refractivity contribution is -0.0375. The quantitative estimate of drug-likeness (QED) is 0.226. The van der Waals surface area contributed by atoms with Crippen LogP contribution in [0.1, 0.15) is 164 Å². The Morgan fingerprint density at radius 3 is 1.21 bits per heavy atom. The first kappa shape index (κ1) is 38.6. The summed E-state index contributed by atoms with van der Waals surface area (Å²) in [5, 5.41) is 0. The molecule has 4 N–H and O–H groups in total. The van der Waals surface area contributed by atoms with E-state index >= 15 is 0 Å². The first-order valence-corrected chi connectivity index (χ1v) is 15.9. The van der Waals surface area contributed by atoms with Crippen LogP contribution in [0.15, 0.2) is 0 Å². The van der Waals surface area contributed by atoms with Gasteiger partial charge in [-0.05, 0) is 69.1 Å². The molecule has 0 heterocycles. The van der Waals surface area contributed by atoms with Crippen LogP contribution in [0.4, 0.5) is 17.6 Å². The number of nitrogens with two attached hydrogens (primary N) is 2. The van der Waals surface area contributed by atoms with E-state index in [4.69, 9.17) is 11.5 Å². The molecule has 0 saturated heterocycles. The number of alkyl halides is 4. The summed E-state index contributed by atoms with van der Waals surface area (Å²) in [6.45, 7) is 11.1. The molecule has 3 atom stereocenters. The fourth-order valence-electron chi connectivity index (χ4n) is 5.65. The van der Waals surface area contributed by atoms with Gasteiger partial charge in [-0.15, -0.1) is 0 Å². The largest absolute Gasteiger partial charge is 0.328 e. The number of rotatable bonds is 0. The van der Waals surface area contributed by atoms with E-state index in [1.807, 2.05) is 6.92 Å². The van der Waals surface area contributed by atoms with Crippen molar-refractivity contribution in [2.45, 2.75) is 187 Å². The topological polar surface area (TPSA) is 52.0 Å². The van der Waals surface area contributed by atoms with Crippen LogP contribution in [0.2, 0.25) is 0 Å². The van der Waals surface area contributed by atoms with Crippen molar-refractivity contribution in [3.8, 4) is 0 Å². The molecule has 5 saturated carbocycles. The summed E-state index contributed by atoms with van der Waals surface area (Å²) in [5.74, 6) is -1.46. The van der Waals surface area contributed by atoms with Crippen molar-refractivity contribution in [2.75, 3.05) is 0 Å². The SMILES string of the molecule is C.CC1(N)CC1.CC1CCC(F)(F)C1.CC1CCCC(C)C1.CC1CCCCCC1.NC1CCC(F)(F)CC1. The highest BCUT2D eigenvalue weighted by Crippen LogP contribution is 2.38. The van der Waals surface area contributed by atoms with Crippen LogP contribution < -0.4 is 11.5 Å². The van der Waals surface area contributed by atoms with E-state index in [1.54, 1.807) is 0 Å². The summed E-state index contributed by atoms with van der Waals surface area (Å²) in [6.07, 6.45) is 19.1. The molecule has 0 aromatic rings. The van der Waals surface area contributed by atoms with Crippen molar-refractivity contribution in [2.24, 2.45) is 35.1 Å². The number of halogens is 4. The van der Waals surface area contributed by atoms with Crippen LogP contribution in [-0.4, -0.2) is 23.4 Å². The molecule has 236 valence electrons. The van der Waals surface area contributed by atoms with E-state index in [1.165, 1.54) is 77.0 Å². The summed E-state index contributed by atoms with van der Waals surface area (Å²) in [6, 6.07) is 0.0182. The van der Waals surface area contributed by atoms with Gasteiger partial charge in [-0.3, -0.25) is 0 Å². The van der Waals surface area contributed by atoms with E-state index in [-0.39, 0.29) is 50.6 Å². The van der Waals surface area contributed by atoms with Gasteiger partial charge in [0.15, 0.2) is 0 Å². The molecule has 39 heavy (non-hydrogen) atoms. The Kier molecular flexibility index (Phi) is 18.8. The van der Waals surface area contributed by atoms with Gasteiger partial charge in [-0.1, -0.05) is 92.9 Å². The fourth-order valence-corrected chi connectivity index (χ4v) is 5.65. The summed E-state index contributed by atoms with van der Waals surface area (Å²) in [7, 11) is 0. The van der Waals surface area contributed by atoms with Crippen molar-refractivity contribution in [3.05, 3.63) is 0 Å². The third kappa shape index (κ3) is 22.0. The molecule has 5 aliphatic rings. The Balaban J connectivity index is 0.000000464. The van der Waals surface area contributed by atoms with Gasteiger partial charge in [0, 0.05) is 37.3 Å². The maximum atomic E-state index is 12.3. The number of hydrogen-bond donors (Lipinski definition) is 2. The minimum atomic E-state index is -2.42. The molecule has 3 unspecified atom stereocenters. The Morgan fingerprint density at radius 2 is 0.949 bits per heavy atom. The van der Waals surface area contributed by atoms with Gasteiger partial charge in [0.2, 0.25) is 11.8 Å². The standard InChI is InChI=1S/2C8H16.C6H11F2N.C6H10F2.C4H9N.CH4/c1-7-4-3-5-8(2)6-7;1-8-6-4-2-3-5-7-8;7-6(8)3-1-5(9)2-4-6;1-5-2-3-6(7,8)4-5;1-4(5)2-3-4;/h7-8H,3-6H2,1-2H3;8H,2-7H2,1H3;5H,1-4,9H2;5H,2-4H2,1H3;2-3,5H2,1H3;1H4. The van der Waals surface area contributed by atoms with Crippen LogP contribution in [0, 0.1) is 23.7 Å². The van der Waals surface area contributed by atoms with Crippen LogP contribution >= 0.6 is 0 Å². The van der Waals surface area contributed by atoms with Gasteiger partial charge in [0.25, 0.3) is 0 Å². The molecule has 0 amide bonds. The summed E-state index contributed by atoms with van der Waals surface area (Å²) >= 11 is 0. The maximum Gasteiger partial charge on any atom is 0.248 e. The van der Waals surface area contributed by atoms with Crippen molar-refractivity contribution in [3.63, 3.8) is 0 Å². The lowest BCUT2D eigenvalue weighted by Crippen LogP contribution is -2.32. The second-order valence-corrected chi connectivity index (χ2v) is 14.0. The smallest absolute Gasteiger partial charge is 0.248 e. The molecule has 0 aromatic carbocycles. The third-order valence-electron chi connectivity index (χ3n) is 8.79. The van der Waals surface area contributed by atoms with Crippen molar-refractivity contribution in [1.82, 2.24) is 0 Å². The van der Waals surface area contributed by atoms with Gasteiger partial charge < -0.3 is 11.5 Å². The zero-order valence-electron chi connectivity index (χ0n) is 25.5. The highest BCUT2D eigenvalue weighted by molar-refractivity contribution is 4.93. The molecule has 2 nitrogen and oxygen atoms in total. The van der Waals surface area contributed by atoms with E-state index < -0.39 is 11.8 Å². The zero-order valence-corrected chi connectivity index (χ0v) is 25.5. The minimum Gasteiger partial charge on any atom is -0.328 e. The second-order valence-electron chi connectivity index (χ2n) is 14.0. The highest BCUT2D eigenvalue weighted by atomic mass is 19.3. The third-order valence-corrected chi connectivity index (χ3v) is 8.79. The predicted octanol–water partition coefficient (Wildman–Crippen LogP) is 10.9. The van der Waals surface area contributed by atoms with Crippen LogP contribution in [0.3, 0.4) is 0 Å². The van der Waals surface area contributed by atoms with Gasteiger partial charge >= 0.3 is 0 Å². The Morgan fingerprint density at radius 1 is 0.538 bits per heavy atom. The monoisotopic (exact) mass is 567 g/mol. The van der Waals surface area contributed by atoms with Crippen LogP contribution in [-0.2, 0) is 0 Å². The molecule has 5 aliphatic carbocycles. The molecule has 0 aliphatic heterocycles. The summed E-state index contributed by atoms with van der Waals surface area (Å²) in [4.78, 5) is 0. The predicted molar refractivity (Wildman–Crippen MR) is 162 cm³/mol. The Hall–Kier alpha value is -0.360. The first-order valence-electron chi connectivity index (χ1n) is 15.9. The van der Waals surface area contributed by atoms with Gasteiger partial charge in [0.05, 0.1) is 0 Å². The molecular weight excluding hydrogens is 500 g/mol. The maximum absolute atomic E-state index is 12.3. The van der Waals surface area contributed by atoms with E-state index in [0.717, 1.165) is 17.8 Å². The molecule has 6 heteroatoms. The molecule has 0 aromatic heterocycles. The minimum absolute atomic E-state index is 0. The van der Waals surface area contributed by atoms with Gasteiger partial charge in [0.1, 0.15) is 0 Å². The average molecular weight is 567 g/mol. The van der Waals surface area contributed by atoms with Crippen LogP contribution in [0.25, 0.3) is 0 Å². The normalized spacial score (nSPS) is 31.0. The Labute approximate surface area is 240 Å². The molecule has 0 radical (unpaired) electrons. The molecule has 0 bridgehead atoms.